The molecule has 3 aromatic carbocycles. The lowest BCUT2D eigenvalue weighted by Crippen LogP contribution is -2.15. The molecule has 0 spiro atoms. The molecule has 0 saturated carbocycles. The van der Waals surface area contributed by atoms with Gasteiger partial charge in [-0.3, -0.25) is 0 Å². The van der Waals surface area contributed by atoms with Crippen LogP contribution in [0.25, 0.3) is 16.7 Å². The molecule has 26 heavy (non-hydrogen) atoms. The quantitative estimate of drug-likeness (QED) is 0.627. The maximum Gasteiger partial charge on any atom is 0.279 e. The number of hydrogen-bond acceptors (Lipinski definition) is 2. The van der Waals surface area contributed by atoms with E-state index in [0.29, 0.717) is 5.95 Å². The minimum atomic E-state index is 0.565. The van der Waals surface area contributed by atoms with Crippen LogP contribution in [0.15, 0.2) is 96.9 Å². The molecule has 0 saturated heterocycles. The second-order valence-electron chi connectivity index (χ2n) is 6.15. The Labute approximate surface area is 154 Å². The predicted octanol–water partition coefficient (Wildman–Crippen LogP) is 4.95. The highest BCUT2D eigenvalue weighted by molar-refractivity contribution is 6.80. The van der Waals surface area contributed by atoms with Gasteiger partial charge in [-0.05, 0) is 16.6 Å². The van der Waals surface area contributed by atoms with E-state index >= 15 is 0 Å². The topological polar surface area (TPSA) is 18.5 Å². The van der Waals surface area contributed by atoms with Crippen molar-refractivity contribution in [2.45, 2.75) is 0 Å². The molecular weight excluding hydrogens is 319 g/mol. The van der Waals surface area contributed by atoms with E-state index < -0.39 is 0 Å². The predicted molar refractivity (Wildman–Crippen MR) is 108 cm³/mol. The number of hydrogen-bond donors (Lipinski definition) is 0. The van der Waals surface area contributed by atoms with Crippen molar-refractivity contribution >= 4 is 24.0 Å². The number of ether oxygens (including phenoxy) is 2. The average Bonchev–Trinajstić information content (AvgIpc) is 2.74. The highest BCUT2D eigenvalue weighted by Crippen LogP contribution is 2.37. The van der Waals surface area contributed by atoms with Crippen molar-refractivity contribution in [3.63, 3.8) is 0 Å². The summed E-state index contributed by atoms with van der Waals surface area (Å²) in [5.41, 5.74) is 5.55. The van der Waals surface area contributed by atoms with Gasteiger partial charge in [-0.1, -0.05) is 91.0 Å². The highest BCUT2D eigenvalue weighted by Gasteiger charge is 2.27. The van der Waals surface area contributed by atoms with Crippen molar-refractivity contribution in [1.29, 1.82) is 0 Å². The zero-order valence-corrected chi connectivity index (χ0v) is 14.7. The molecule has 126 valence electrons. The van der Waals surface area contributed by atoms with Gasteiger partial charge in [-0.25, -0.2) is 0 Å². The molecule has 0 aliphatic carbocycles. The van der Waals surface area contributed by atoms with E-state index in [1.165, 1.54) is 0 Å². The first-order chi connectivity index (χ1) is 12.9. The van der Waals surface area contributed by atoms with E-state index in [1.807, 2.05) is 42.5 Å². The Kier molecular flexibility index (Phi) is 4.61. The van der Waals surface area contributed by atoms with Gasteiger partial charge in [0.2, 0.25) is 7.28 Å². The molecule has 0 aromatic heterocycles. The summed E-state index contributed by atoms with van der Waals surface area (Å²) in [7, 11) is 2.41. The summed E-state index contributed by atoms with van der Waals surface area (Å²) in [5.74, 6) is 1.42. The summed E-state index contributed by atoms with van der Waals surface area (Å²) in [6.07, 6.45) is 0. The van der Waals surface area contributed by atoms with Crippen LogP contribution >= 0.6 is 0 Å². The smallest absolute Gasteiger partial charge is 0.279 e. The van der Waals surface area contributed by atoms with Crippen LogP contribution in [-0.4, -0.2) is 14.4 Å². The summed E-state index contributed by atoms with van der Waals surface area (Å²) in [4.78, 5) is 0. The summed E-state index contributed by atoms with van der Waals surface area (Å²) < 4.78 is 11.9. The third-order valence-corrected chi connectivity index (χ3v) is 4.53. The first-order valence-corrected chi connectivity index (χ1v) is 8.71. The summed E-state index contributed by atoms with van der Waals surface area (Å²) >= 11 is 0. The van der Waals surface area contributed by atoms with Gasteiger partial charge in [0.05, 0.1) is 7.11 Å². The van der Waals surface area contributed by atoms with Crippen LogP contribution in [0.5, 0.6) is 0 Å². The summed E-state index contributed by atoms with van der Waals surface area (Å²) in [5, 5.41) is 0. The Bertz CT molecular complexity index is 945. The first-order valence-electron chi connectivity index (χ1n) is 8.71. The monoisotopic (exact) mass is 338 g/mol. The van der Waals surface area contributed by atoms with Crippen molar-refractivity contribution in [3.05, 3.63) is 114 Å². The Morgan fingerprint density at radius 3 is 1.58 bits per heavy atom. The van der Waals surface area contributed by atoms with Gasteiger partial charge >= 0.3 is 0 Å². The van der Waals surface area contributed by atoms with Crippen LogP contribution < -0.4 is 0 Å². The van der Waals surface area contributed by atoms with Crippen molar-refractivity contribution < 1.29 is 9.47 Å². The minimum absolute atomic E-state index is 0.565. The second-order valence-corrected chi connectivity index (χ2v) is 6.15. The standard InChI is InChI=1S/C23H19BO2/c1-25-23-21(18-13-7-3-8-14-18)24-20(17-11-5-2-6-12-17)22(26-23)19-15-9-4-10-16-19/h2-16,24H,1H3. The fraction of sp³-hybridized carbons (Fsp3) is 0.0435. The molecule has 3 aromatic rings. The van der Waals surface area contributed by atoms with E-state index in [-0.39, 0.29) is 0 Å². The molecule has 0 fully saturated rings. The molecule has 1 heterocycles. The van der Waals surface area contributed by atoms with Gasteiger partial charge in [0.15, 0.2) is 0 Å². The molecular formula is C23H19BO2. The molecule has 0 unspecified atom stereocenters. The maximum absolute atomic E-state index is 6.29. The molecule has 2 nitrogen and oxygen atoms in total. The molecule has 0 amide bonds. The largest absolute Gasteiger partial charge is 0.469 e. The maximum atomic E-state index is 6.29. The van der Waals surface area contributed by atoms with E-state index in [4.69, 9.17) is 9.47 Å². The Hall–Kier alpha value is -3.20. The molecule has 3 heteroatoms. The lowest BCUT2D eigenvalue weighted by Gasteiger charge is -2.25. The van der Waals surface area contributed by atoms with Crippen LogP contribution in [0.3, 0.4) is 0 Å². The van der Waals surface area contributed by atoms with E-state index in [2.05, 4.69) is 48.5 Å². The Balaban J connectivity index is 1.86. The molecule has 4 rings (SSSR count). The van der Waals surface area contributed by atoms with E-state index in [0.717, 1.165) is 40.7 Å². The minimum Gasteiger partial charge on any atom is -0.469 e. The van der Waals surface area contributed by atoms with Crippen LogP contribution in [-0.2, 0) is 9.47 Å². The zero-order valence-electron chi connectivity index (χ0n) is 14.7. The Morgan fingerprint density at radius 1 is 0.615 bits per heavy atom. The number of rotatable bonds is 4. The van der Waals surface area contributed by atoms with Crippen molar-refractivity contribution in [3.8, 4) is 0 Å². The fourth-order valence-electron chi connectivity index (χ4n) is 3.26. The SMILES string of the molecule is COC1=C(c2ccccc2)BC(c2ccccc2)=C(c2ccccc2)O1. The van der Waals surface area contributed by atoms with Gasteiger partial charge in [0.25, 0.3) is 5.95 Å². The number of benzene rings is 3. The molecule has 0 N–H and O–H groups in total. The third kappa shape index (κ3) is 3.16. The summed E-state index contributed by atoms with van der Waals surface area (Å²) in [6, 6.07) is 30.9. The van der Waals surface area contributed by atoms with Gasteiger partial charge in [0.1, 0.15) is 5.76 Å². The highest BCUT2D eigenvalue weighted by atomic mass is 16.7. The lowest BCUT2D eigenvalue weighted by molar-refractivity contribution is 0.136. The molecule has 0 bridgehead atoms. The van der Waals surface area contributed by atoms with Crippen molar-refractivity contribution in [1.82, 2.24) is 0 Å². The second kappa shape index (κ2) is 7.36. The van der Waals surface area contributed by atoms with Crippen LogP contribution in [0.4, 0.5) is 0 Å². The van der Waals surface area contributed by atoms with E-state index in [9.17, 15) is 0 Å². The summed E-state index contributed by atoms with van der Waals surface area (Å²) in [6.45, 7) is 0. The van der Waals surface area contributed by atoms with Gasteiger partial charge in [0, 0.05) is 11.0 Å². The third-order valence-electron chi connectivity index (χ3n) is 4.53. The molecule has 1 aliphatic heterocycles. The van der Waals surface area contributed by atoms with Gasteiger partial charge in [-0.2, -0.15) is 0 Å². The normalized spacial score (nSPS) is 13.9. The van der Waals surface area contributed by atoms with Crippen molar-refractivity contribution in [2.75, 3.05) is 7.11 Å². The van der Waals surface area contributed by atoms with Crippen LogP contribution in [0, 0.1) is 0 Å². The fourth-order valence-corrected chi connectivity index (χ4v) is 3.26. The van der Waals surface area contributed by atoms with Crippen molar-refractivity contribution in [2.24, 2.45) is 0 Å². The van der Waals surface area contributed by atoms with E-state index in [1.54, 1.807) is 7.11 Å². The number of methoxy groups -OCH3 is 1. The van der Waals surface area contributed by atoms with Gasteiger partial charge in [-0.15, -0.1) is 0 Å². The zero-order chi connectivity index (χ0) is 17.8. The first kappa shape index (κ1) is 16.3. The lowest BCUT2D eigenvalue weighted by atomic mass is 9.57. The molecule has 1 aliphatic rings. The van der Waals surface area contributed by atoms with Crippen LogP contribution in [0.2, 0.25) is 0 Å². The van der Waals surface area contributed by atoms with Crippen LogP contribution in [0.1, 0.15) is 16.7 Å². The molecule has 0 radical (unpaired) electrons. The average molecular weight is 338 g/mol. The Morgan fingerprint density at radius 2 is 1.08 bits per heavy atom. The van der Waals surface area contributed by atoms with Gasteiger partial charge < -0.3 is 9.47 Å². The molecule has 0 atom stereocenters.